The molecule has 104 valence electrons. The van der Waals surface area contributed by atoms with E-state index in [4.69, 9.17) is 5.26 Å². The molecule has 0 radical (unpaired) electrons. The van der Waals surface area contributed by atoms with Gasteiger partial charge in [-0.2, -0.15) is 18.4 Å². The lowest BCUT2D eigenvalue weighted by atomic mass is 10.1. The molecule has 4 nitrogen and oxygen atoms in total. The van der Waals surface area contributed by atoms with Crippen LogP contribution in [0.1, 0.15) is 16.8 Å². The maximum atomic E-state index is 12.6. The number of nitrogens with one attached hydrogen (secondary N) is 2. The van der Waals surface area contributed by atoms with E-state index in [1.807, 2.05) is 0 Å². The maximum absolute atomic E-state index is 12.6. The van der Waals surface area contributed by atoms with Gasteiger partial charge in [0.15, 0.2) is 0 Å². The monoisotopic (exact) mass is 299 g/mol. The van der Waals surface area contributed by atoms with Crippen LogP contribution in [0.2, 0.25) is 0 Å². The third-order valence-electron chi connectivity index (χ3n) is 2.50. The van der Waals surface area contributed by atoms with Crippen LogP contribution in [0.25, 0.3) is 0 Å². The Balaban J connectivity index is 2.18. The summed E-state index contributed by atoms with van der Waals surface area (Å²) in [6, 6.07) is 4.76. The molecule has 1 aromatic carbocycles. The zero-order valence-corrected chi connectivity index (χ0v) is 10.7. The van der Waals surface area contributed by atoms with Crippen molar-refractivity contribution in [2.45, 2.75) is 12.7 Å². The van der Waals surface area contributed by atoms with Gasteiger partial charge in [-0.1, -0.05) is 11.3 Å². The first kappa shape index (κ1) is 14.1. The van der Waals surface area contributed by atoms with Crippen LogP contribution in [0.4, 0.5) is 18.9 Å². The van der Waals surface area contributed by atoms with E-state index in [1.165, 1.54) is 12.1 Å². The lowest BCUT2D eigenvalue weighted by molar-refractivity contribution is -0.137. The van der Waals surface area contributed by atoms with Crippen LogP contribution in [-0.4, -0.2) is 4.98 Å². The molecule has 0 fully saturated rings. The predicted molar refractivity (Wildman–Crippen MR) is 68.4 cm³/mol. The Bertz CT molecular complexity index is 712. The molecule has 0 saturated heterocycles. The van der Waals surface area contributed by atoms with Crippen LogP contribution in [0.15, 0.2) is 28.4 Å². The van der Waals surface area contributed by atoms with Crippen LogP contribution in [0.5, 0.6) is 0 Å². The molecule has 2 rings (SSSR count). The molecule has 0 aliphatic carbocycles. The number of aromatic nitrogens is 1. The van der Waals surface area contributed by atoms with Crippen molar-refractivity contribution in [3.63, 3.8) is 0 Å². The van der Waals surface area contributed by atoms with Gasteiger partial charge >= 0.3 is 11.0 Å². The Morgan fingerprint density at radius 1 is 1.40 bits per heavy atom. The third-order valence-corrected chi connectivity index (χ3v) is 3.22. The lowest BCUT2D eigenvalue weighted by Crippen LogP contribution is -2.09. The van der Waals surface area contributed by atoms with Crippen LogP contribution < -0.4 is 10.2 Å². The average Bonchev–Trinajstić information content (AvgIpc) is 2.80. The van der Waals surface area contributed by atoms with Crippen molar-refractivity contribution in [1.82, 2.24) is 4.98 Å². The summed E-state index contributed by atoms with van der Waals surface area (Å²) in [5.74, 6) is 0. The van der Waals surface area contributed by atoms with Crippen molar-refractivity contribution < 1.29 is 13.2 Å². The van der Waals surface area contributed by atoms with Crippen molar-refractivity contribution in [3.05, 3.63) is 50.1 Å². The number of nitriles is 1. The highest BCUT2D eigenvalue weighted by molar-refractivity contribution is 7.07. The van der Waals surface area contributed by atoms with E-state index in [2.05, 4.69) is 10.3 Å². The SMILES string of the molecule is N#Cc1cc(NCc2csc(=O)[nH]2)ccc1C(F)(F)F. The van der Waals surface area contributed by atoms with E-state index < -0.39 is 17.3 Å². The fraction of sp³-hybridized carbons (Fsp3) is 0.167. The minimum Gasteiger partial charge on any atom is -0.379 e. The zero-order chi connectivity index (χ0) is 14.8. The quantitative estimate of drug-likeness (QED) is 0.915. The van der Waals surface area contributed by atoms with Gasteiger partial charge in [0.2, 0.25) is 0 Å². The second kappa shape index (κ2) is 5.38. The smallest absolute Gasteiger partial charge is 0.379 e. The number of thiazole rings is 1. The van der Waals surface area contributed by atoms with E-state index in [-0.39, 0.29) is 11.4 Å². The van der Waals surface area contributed by atoms with Gasteiger partial charge in [0, 0.05) is 16.8 Å². The molecule has 1 aromatic heterocycles. The van der Waals surface area contributed by atoms with Gasteiger partial charge in [0.05, 0.1) is 23.7 Å². The zero-order valence-electron chi connectivity index (χ0n) is 9.91. The first-order valence-electron chi connectivity index (χ1n) is 5.42. The minimum atomic E-state index is -4.55. The number of benzene rings is 1. The topological polar surface area (TPSA) is 68.7 Å². The molecule has 0 spiro atoms. The number of halogens is 3. The average molecular weight is 299 g/mol. The predicted octanol–water partition coefficient (Wildman–Crippen LogP) is 2.94. The lowest BCUT2D eigenvalue weighted by Gasteiger charge is -2.11. The summed E-state index contributed by atoms with van der Waals surface area (Å²) in [7, 11) is 0. The van der Waals surface area contributed by atoms with Crippen molar-refractivity contribution >= 4 is 17.0 Å². The molecule has 0 aliphatic rings. The van der Waals surface area contributed by atoms with Crippen molar-refractivity contribution in [3.8, 4) is 6.07 Å². The minimum absolute atomic E-state index is 0.202. The number of hydrogen-bond donors (Lipinski definition) is 2. The molecule has 1 heterocycles. The second-order valence-corrected chi connectivity index (χ2v) is 4.74. The maximum Gasteiger partial charge on any atom is 0.417 e. The normalized spacial score (nSPS) is 11.1. The summed E-state index contributed by atoms with van der Waals surface area (Å²) in [4.78, 5) is 13.3. The molecule has 8 heteroatoms. The molecular weight excluding hydrogens is 291 g/mol. The van der Waals surface area contributed by atoms with Crippen molar-refractivity contribution in [1.29, 1.82) is 5.26 Å². The number of alkyl halides is 3. The van der Waals surface area contributed by atoms with Gasteiger partial charge in [0.25, 0.3) is 0 Å². The number of anilines is 1. The highest BCUT2D eigenvalue weighted by atomic mass is 32.1. The van der Waals surface area contributed by atoms with Crippen molar-refractivity contribution in [2.24, 2.45) is 0 Å². The van der Waals surface area contributed by atoms with Crippen LogP contribution in [0, 0.1) is 11.3 Å². The van der Waals surface area contributed by atoms with Gasteiger partial charge in [-0.05, 0) is 18.2 Å². The Morgan fingerprint density at radius 3 is 2.70 bits per heavy atom. The summed E-state index contributed by atoms with van der Waals surface area (Å²) in [6.45, 7) is 0.259. The summed E-state index contributed by atoms with van der Waals surface area (Å²) in [5, 5.41) is 13.2. The summed E-state index contributed by atoms with van der Waals surface area (Å²) in [6.07, 6.45) is -4.55. The molecule has 0 aliphatic heterocycles. The highest BCUT2D eigenvalue weighted by Crippen LogP contribution is 2.33. The summed E-state index contributed by atoms with van der Waals surface area (Å²) in [5.41, 5.74) is -0.407. The first-order chi connectivity index (χ1) is 9.40. The molecule has 0 atom stereocenters. The van der Waals surface area contributed by atoms with Gasteiger partial charge in [-0.3, -0.25) is 4.79 Å². The number of rotatable bonds is 3. The van der Waals surface area contributed by atoms with E-state index in [0.29, 0.717) is 11.4 Å². The summed E-state index contributed by atoms with van der Waals surface area (Å²) >= 11 is 1.00. The van der Waals surface area contributed by atoms with Crippen molar-refractivity contribution in [2.75, 3.05) is 5.32 Å². The Morgan fingerprint density at radius 2 is 2.15 bits per heavy atom. The van der Waals surface area contributed by atoms with Gasteiger partial charge in [0.1, 0.15) is 0 Å². The van der Waals surface area contributed by atoms with E-state index in [1.54, 1.807) is 5.38 Å². The van der Waals surface area contributed by atoms with E-state index >= 15 is 0 Å². The summed E-state index contributed by atoms with van der Waals surface area (Å²) < 4.78 is 37.8. The standard InChI is InChI=1S/C12H8F3N3OS/c13-12(14,15)10-2-1-8(3-7(10)4-16)17-5-9-6-20-11(19)18-9/h1-3,6,17H,5H2,(H,18,19). The Kier molecular flexibility index (Phi) is 3.81. The molecule has 0 bridgehead atoms. The molecule has 0 unspecified atom stereocenters. The fourth-order valence-electron chi connectivity index (χ4n) is 1.59. The second-order valence-electron chi connectivity index (χ2n) is 3.90. The number of hydrogen-bond acceptors (Lipinski definition) is 4. The fourth-order valence-corrected chi connectivity index (χ4v) is 2.17. The van der Waals surface area contributed by atoms with Crippen LogP contribution >= 0.6 is 11.3 Å². The molecule has 2 N–H and O–H groups in total. The van der Waals surface area contributed by atoms with E-state index in [0.717, 1.165) is 23.5 Å². The Labute approximate surface area is 115 Å². The van der Waals surface area contributed by atoms with Gasteiger partial charge in [-0.15, -0.1) is 0 Å². The molecule has 20 heavy (non-hydrogen) atoms. The van der Waals surface area contributed by atoms with Crippen LogP contribution in [0.3, 0.4) is 0 Å². The largest absolute Gasteiger partial charge is 0.417 e. The van der Waals surface area contributed by atoms with Gasteiger partial charge in [-0.25, -0.2) is 0 Å². The highest BCUT2D eigenvalue weighted by Gasteiger charge is 2.33. The molecule has 2 aromatic rings. The van der Waals surface area contributed by atoms with Gasteiger partial charge < -0.3 is 10.3 Å². The van der Waals surface area contributed by atoms with Crippen LogP contribution in [-0.2, 0) is 12.7 Å². The molecular formula is C12H8F3N3OS. The Hall–Kier alpha value is -2.27. The number of H-pyrrole nitrogens is 1. The molecule has 0 saturated carbocycles. The molecule has 0 amide bonds. The number of aromatic amines is 1. The third kappa shape index (κ3) is 3.19. The first-order valence-corrected chi connectivity index (χ1v) is 6.30. The van der Waals surface area contributed by atoms with E-state index in [9.17, 15) is 18.0 Å². The number of nitrogens with zero attached hydrogens (tertiary/aromatic N) is 1.